The molecule has 0 unspecified atom stereocenters. The first-order valence-electron chi connectivity index (χ1n) is 10.0. The van der Waals surface area contributed by atoms with E-state index in [1.807, 2.05) is 31.2 Å². The van der Waals surface area contributed by atoms with Gasteiger partial charge in [0.1, 0.15) is 5.75 Å². The number of sulfonamides is 1. The summed E-state index contributed by atoms with van der Waals surface area (Å²) in [5.41, 5.74) is 0.911. The van der Waals surface area contributed by atoms with E-state index in [2.05, 4.69) is 0 Å². The van der Waals surface area contributed by atoms with Gasteiger partial charge in [0.25, 0.3) is 0 Å². The summed E-state index contributed by atoms with van der Waals surface area (Å²) in [5, 5.41) is 0.643. The van der Waals surface area contributed by atoms with E-state index >= 15 is 0 Å². The minimum Gasteiger partial charge on any atom is -0.497 e. The number of nitrogens with zero attached hydrogens (tertiary/aromatic N) is 2. The summed E-state index contributed by atoms with van der Waals surface area (Å²) in [4.78, 5) is 15.1. The summed E-state index contributed by atoms with van der Waals surface area (Å²) in [7, 11) is -2.04. The molecule has 1 aliphatic heterocycles. The number of ether oxygens (including phenoxy) is 1. The molecule has 0 bridgehead atoms. The van der Waals surface area contributed by atoms with Crippen LogP contribution < -0.4 is 4.74 Å². The molecule has 0 atom stereocenters. The third kappa shape index (κ3) is 4.96. The van der Waals surface area contributed by atoms with Crippen LogP contribution in [-0.4, -0.2) is 50.3 Å². The number of carbonyl (C=O) groups excluding carboxylic acids is 1. The lowest BCUT2D eigenvalue weighted by molar-refractivity contribution is -0.137. The second-order valence-electron chi connectivity index (χ2n) is 7.30. The van der Waals surface area contributed by atoms with Crippen molar-refractivity contribution >= 4 is 27.5 Å². The molecule has 3 rings (SSSR count). The molecular weight excluding hydrogens is 424 g/mol. The lowest BCUT2D eigenvalue weighted by Gasteiger charge is -2.33. The Balaban J connectivity index is 1.63. The van der Waals surface area contributed by atoms with Crippen LogP contribution in [0.5, 0.6) is 5.75 Å². The molecule has 1 fully saturated rings. The molecule has 1 amide bonds. The van der Waals surface area contributed by atoms with Gasteiger partial charge < -0.3 is 9.64 Å². The number of hydrogen-bond donors (Lipinski definition) is 0. The van der Waals surface area contributed by atoms with E-state index in [4.69, 9.17) is 16.3 Å². The zero-order chi connectivity index (χ0) is 21.7. The molecule has 0 spiro atoms. The fraction of sp³-hybridized carbons (Fsp3) is 0.409. The molecule has 1 heterocycles. The zero-order valence-electron chi connectivity index (χ0n) is 17.3. The van der Waals surface area contributed by atoms with Gasteiger partial charge in [-0.2, -0.15) is 4.31 Å². The van der Waals surface area contributed by atoms with Crippen LogP contribution in [-0.2, 0) is 21.4 Å². The van der Waals surface area contributed by atoms with E-state index < -0.39 is 10.0 Å². The molecule has 162 valence electrons. The monoisotopic (exact) mass is 450 g/mol. The first kappa shape index (κ1) is 22.6. The highest BCUT2D eigenvalue weighted by molar-refractivity contribution is 7.89. The Labute approximate surface area is 183 Å². The molecule has 0 radical (unpaired) electrons. The highest BCUT2D eigenvalue weighted by Gasteiger charge is 2.33. The molecule has 0 aliphatic carbocycles. The van der Waals surface area contributed by atoms with Crippen LogP contribution in [0.1, 0.15) is 25.3 Å². The molecular formula is C22H27ClN2O4S. The molecule has 0 saturated carbocycles. The third-order valence-corrected chi connectivity index (χ3v) is 7.79. The van der Waals surface area contributed by atoms with Crippen molar-refractivity contribution in [3.63, 3.8) is 0 Å². The van der Waals surface area contributed by atoms with Gasteiger partial charge in [0, 0.05) is 37.1 Å². The summed E-state index contributed by atoms with van der Waals surface area (Å²) in [6.45, 7) is 3.63. The van der Waals surface area contributed by atoms with Gasteiger partial charge in [-0.3, -0.25) is 4.79 Å². The van der Waals surface area contributed by atoms with E-state index in [1.54, 1.807) is 29.2 Å². The highest BCUT2D eigenvalue weighted by Crippen LogP contribution is 2.27. The van der Waals surface area contributed by atoms with Crippen LogP contribution in [0.4, 0.5) is 0 Å². The van der Waals surface area contributed by atoms with Crippen molar-refractivity contribution in [3.8, 4) is 5.75 Å². The number of carbonyl (C=O) groups is 1. The fourth-order valence-electron chi connectivity index (χ4n) is 3.68. The minimum absolute atomic E-state index is 0.0546. The van der Waals surface area contributed by atoms with Gasteiger partial charge in [-0.15, -0.1) is 0 Å². The smallest absolute Gasteiger partial charge is 0.243 e. The molecule has 2 aromatic rings. The van der Waals surface area contributed by atoms with Crippen LogP contribution in [0.25, 0.3) is 0 Å². The zero-order valence-corrected chi connectivity index (χ0v) is 18.8. The minimum atomic E-state index is -3.58. The number of hydrogen-bond acceptors (Lipinski definition) is 4. The predicted molar refractivity (Wildman–Crippen MR) is 117 cm³/mol. The van der Waals surface area contributed by atoms with Crippen LogP contribution in [0.2, 0.25) is 5.02 Å². The van der Waals surface area contributed by atoms with E-state index in [-0.39, 0.29) is 16.7 Å². The van der Waals surface area contributed by atoms with Crippen LogP contribution in [0, 0.1) is 5.92 Å². The normalized spacial score (nSPS) is 15.7. The van der Waals surface area contributed by atoms with Gasteiger partial charge in [-0.1, -0.05) is 29.8 Å². The Hall–Kier alpha value is -2.09. The van der Waals surface area contributed by atoms with Gasteiger partial charge in [-0.25, -0.2) is 8.42 Å². The Morgan fingerprint density at radius 3 is 2.33 bits per heavy atom. The van der Waals surface area contributed by atoms with Crippen molar-refractivity contribution < 1.29 is 17.9 Å². The summed E-state index contributed by atoms with van der Waals surface area (Å²) >= 11 is 6.24. The summed E-state index contributed by atoms with van der Waals surface area (Å²) in [5.74, 6) is 0.477. The first-order chi connectivity index (χ1) is 14.4. The van der Waals surface area contributed by atoms with Gasteiger partial charge in [-0.05, 0) is 55.7 Å². The van der Waals surface area contributed by atoms with Crippen molar-refractivity contribution in [1.29, 1.82) is 0 Å². The SMILES string of the molecule is CCN(Cc1ccccc1Cl)C(=O)C1CCN(S(=O)(=O)c2ccc(OC)cc2)CC1. The van der Waals surface area contributed by atoms with Gasteiger partial charge in [0.2, 0.25) is 15.9 Å². The van der Waals surface area contributed by atoms with Crippen molar-refractivity contribution in [3.05, 3.63) is 59.1 Å². The number of methoxy groups -OCH3 is 1. The summed E-state index contributed by atoms with van der Waals surface area (Å²) in [6.07, 6.45) is 1.01. The average Bonchev–Trinajstić information content (AvgIpc) is 2.78. The number of piperidine rings is 1. The Kier molecular flexibility index (Phi) is 7.39. The Morgan fingerprint density at radius 1 is 1.13 bits per heavy atom. The van der Waals surface area contributed by atoms with Gasteiger partial charge in [0.15, 0.2) is 0 Å². The second-order valence-corrected chi connectivity index (χ2v) is 9.64. The maximum absolute atomic E-state index is 13.0. The topological polar surface area (TPSA) is 66.9 Å². The number of benzene rings is 2. The summed E-state index contributed by atoms with van der Waals surface area (Å²) in [6, 6.07) is 13.9. The van der Waals surface area contributed by atoms with E-state index in [9.17, 15) is 13.2 Å². The predicted octanol–water partition coefficient (Wildman–Crippen LogP) is 3.80. The molecule has 8 heteroatoms. The van der Waals surface area contributed by atoms with Crippen molar-refractivity contribution in [2.24, 2.45) is 5.92 Å². The third-order valence-electron chi connectivity index (χ3n) is 5.51. The molecule has 6 nitrogen and oxygen atoms in total. The molecule has 0 N–H and O–H groups in total. The lowest BCUT2D eigenvalue weighted by Crippen LogP contribution is -2.44. The molecule has 30 heavy (non-hydrogen) atoms. The molecule has 0 aromatic heterocycles. The first-order valence-corrected chi connectivity index (χ1v) is 11.8. The lowest BCUT2D eigenvalue weighted by atomic mass is 9.96. The largest absolute Gasteiger partial charge is 0.497 e. The standard InChI is InChI=1S/C22H27ClN2O4S/c1-3-24(16-18-6-4-5-7-21(18)23)22(26)17-12-14-25(15-13-17)30(27,28)20-10-8-19(29-2)9-11-20/h4-11,17H,3,12-16H2,1-2H3. The van der Waals surface area contributed by atoms with E-state index in [1.165, 1.54) is 11.4 Å². The second kappa shape index (κ2) is 9.81. The van der Waals surface area contributed by atoms with Crippen molar-refractivity contribution in [2.45, 2.75) is 31.2 Å². The van der Waals surface area contributed by atoms with Gasteiger partial charge >= 0.3 is 0 Å². The van der Waals surface area contributed by atoms with Crippen LogP contribution >= 0.6 is 11.6 Å². The average molecular weight is 451 g/mol. The number of halogens is 1. The van der Waals surface area contributed by atoms with Crippen molar-refractivity contribution in [1.82, 2.24) is 9.21 Å². The number of amides is 1. The van der Waals surface area contributed by atoms with E-state index in [0.717, 1.165) is 5.56 Å². The maximum atomic E-state index is 13.0. The Morgan fingerprint density at radius 2 is 1.77 bits per heavy atom. The fourth-order valence-corrected chi connectivity index (χ4v) is 5.34. The molecule has 2 aromatic carbocycles. The van der Waals surface area contributed by atoms with Crippen molar-refractivity contribution in [2.75, 3.05) is 26.7 Å². The maximum Gasteiger partial charge on any atom is 0.243 e. The quantitative estimate of drug-likeness (QED) is 0.643. The Bertz CT molecular complexity index is 971. The highest BCUT2D eigenvalue weighted by atomic mass is 35.5. The van der Waals surface area contributed by atoms with Gasteiger partial charge in [0.05, 0.1) is 12.0 Å². The van der Waals surface area contributed by atoms with E-state index in [0.29, 0.717) is 49.8 Å². The molecule has 1 aliphatic rings. The number of rotatable bonds is 7. The summed E-state index contributed by atoms with van der Waals surface area (Å²) < 4.78 is 32.4. The van der Waals surface area contributed by atoms with Crippen LogP contribution in [0.3, 0.4) is 0 Å². The molecule has 1 saturated heterocycles. The van der Waals surface area contributed by atoms with Crippen LogP contribution in [0.15, 0.2) is 53.4 Å².